The van der Waals surface area contributed by atoms with Crippen LogP contribution < -0.4 is 0 Å². The summed E-state index contributed by atoms with van der Waals surface area (Å²) in [4.78, 5) is 22.5. The number of carbonyl (C=O) groups is 2. The van der Waals surface area contributed by atoms with Gasteiger partial charge in [-0.15, -0.1) is 0 Å². The van der Waals surface area contributed by atoms with Crippen LogP contribution in [0.3, 0.4) is 0 Å². The van der Waals surface area contributed by atoms with Gasteiger partial charge in [0.1, 0.15) is 0 Å². The van der Waals surface area contributed by atoms with Crippen molar-refractivity contribution >= 4 is 11.9 Å². The summed E-state index contributed by atoms with van der Waals surface area (Å²) in [5.41, 5.74) is -0.881. The first-order valence-electron chi connectivity index (χ1n) is 6.99. The van der Waals surface area contributed by atoms with Crippen LogP contribution in [0, 0.1) is 16.2 Å². The van der Waals surface area contributed by atoms with Crippen molar-refractivity contribution in [2.75, 3.05) is 13.2 Å². The Morgan fingerprint density at radius 3 is 1.33 bits per heavy atom. The fraction of sp³-hybridized carbons (Fsp3) is 0.647. The van der Waals surface area contributed by atoms with Gasteiger partial charge in [0.05, 0.1) is 13.2 Å². The van der Waals surface area contributed by atoms with Gasteiger partial charge in [-0.05, 0) is 5.41 Å². The fourth-order valence-corrected chi connectivity index (χ4v) is 1.90. The Morgan fingerprint density at radius 1 is 0.810 bits per heavy atom. The maximum absolute atomic E-state index is 11.3. The van der Waals surface area contributed by atoms with Crippen molar-refractivity contribution in [2.24, 2.45) is 16.2 Å². The minimum Gasteiger partial charge on any atom is -0.462 e. The lowest BCUT2D eigenvalue weighted by molar-refractivity contribution is -0.154. The van der Waals surface area contributed by atoms with E-state index in [4.69, 9.17) is 9.47 Å². The smallest absolute Gasteiger partial charge is 0.330 e. The molecule has 0 amide bonds. The molecule has 0 heterocycles. The molecule has 0 bridgehead atoms. The third-order valence-electron chi connectivity index (χ3n) is 4.87. The highest BCUT2D eigenvalue weighted by molar-refractivity contribution is 5.81. The first-order valence-corrected chi connectivity index (χ1v) is 6.99. The van der Waals surface area contributed by atoms with Crippen LogP contribution in [0.4, 0.5) is 0 Å². The fourth-order valence-electron chi connectivity index (χ4n) is 1.90. The molecule has 21 heavy (non-hydrogen) atoms. The van der Waals surface area contributed by atoms with E-state index in [0.29, 0.717) is 0 Å². The van der Waals surface area contributed by atoms with Crippen molar-refractivity contribution in [3.8, 4) is 0 Å². The van der Waals surface area contributed by atoms with Crippen LogP contribution in [0.25, 0.3) is 0 Å². The van der Waals surface area contributed by atoms with E-state index in [1.807, 2.05) is 27.7 Å². The highest BCUT2D eigenvalue weighted by Crippen LogP contribution is 2.51. The van der Waals surface area contributed by atoms with Crippen LogP contribution in [-0.4, -0.2) is 25.2 Å². The number of esters is 2. The summed E-state index contributed by atoms with van der Waals surface area (Å²) in [5, 5.41) is 0. The summed E-state index contributed by atoms with van der Waals surface area (Å²) in [6, 6.07) is 0. The highest BCUT2D eigenvalue weighted by Gasteiger charge is 2.49. The summed E-state index contributed by atoms with van der Waals surface area (Å²) in [6.07, 6.45) is 2.31. The van der Waals surface area contributed by atoms with Crippen LogP contribution in [0.5, 0.6) is 0 Å². The number of ether oxygens (including phenoxy) is 2. The molecule has 0 atom stereocenters. The Hall–Kier alpha value is -1.58. The molecule has 0 unspecified atom stereocenters. The summed E-state index contributed by atoms with van der Waals surface area (Å²) in [6.45, 7) is 19.6. The lowest BCUT2D eigenvalue weighted by atomic mass is 9.55. The molecule has 120 valence electrons. The molecule has 0 aliphatic heterocycles. The first-order chi connectivity index (χ1) is 9.41. The molecule has 0 radical (unpaired) electrons. The molecule has 0 rings (SSSR count). The summed E-state index contributed by atoms with van der Waals surface area (Å²) in [7, 11) is 0. The molecule has 0 spiro atoms. The molecule has 0 aromatic rings. The zero-order valence-electron chi connectivity index (χ0n) is 14.1. The molecule has 0 aromatic heterocycles. The van der Waals surface area contributed by atoms with E-state index in [9.17, 15) is 9.59 Å². The van der Waals surface area contributed by atoms with Crippen LogP contribution >= 0.6 is 0 Å². The third-order valence-corrected chi connectivity index (χ3v) is 4.87. The Balaban J connectivity index is 5.03. The van der Waals surface area contributed by atoms with Crippen LogP contribution in [-0.2, 0) is 19.1 Å². The van der Waals surface area contributed by atoms with Gasteiger partial charge < -0.3 is 9.47 Å². The molecule has 0 aromatic carbocycles. The summed E-state index contributed by atoms with van der Waals surface area (Å²) in [5.74, 6) is -0.871. The van der Waals surface area contributed by atoms with Crippen LogP contribution in [0.2, 0.25) is 0 Å². The maximum atomic E-state index is 11.3. The second kappa shape index (κ2) is 6.92. The number of hydrogen-bond donors (Lipinski definition) is 0. The predicted octanol–water partition coefficient (Wildman–Crippen LogP) is 3.52. The molecule has 0 N–H and O–H groups in total. The monoisotopic (exact) mass is 296 g/mol. The molecular weight excluding hydrogens is 268 g/mol. The van der Waals surface area contributed by atoms with E-state index in [1.54, 1.807) is 0 Å². The molecule has 0 aliphatic carbocycles. The van der Waals surface area contributed by atoms with Gasteiger partial charge in [0.15, 0.2) is 0 Å². The molecule has 0 fully saturated rings. The van der Waals surface area contributed by atoms with Crippen molar-refractivity contribution in [3.05, 3.63) is 25.3 Å². The van der Waals surface area contributed by atoms with E-state index < -0.39 is 11.9 Å². The van der Waals surface area contributed by atoms with Crippen molar-refractivity contribution in [1.29, 1.82) is 0 Å². The Bertz CT molecular complexity index is 379. The molecule has 0 aliphatic rings. The predicted molar refractivity (Wildman–Crippen MR) is 83.7 cm³/mol. The largest absolute Gasteiger partial charge is 0.462 e. The Morgan fingerprint density at radius 2 is 1.10 bits per heavy atom. The highest BCUT2D eigenvalue weighted by atomic mass is 16.5. The normalized spacial score (nSPS) is 12.5. The molecular formula is C17H28O4. The minimum absolute atomic E-state index is 0.261. The van der Waals surface area contributed by atoms with Gasteiger partial charge in [-0.25, -0.2) is 9.59 Å². The van der Waals surface area contributed by atoms with E-state index in [2.05, 4.69) is 27.0 Å². The number of carbonyl (C=O) groups excluding carboxylic acids is 2. The SMILES string of the molecule is C=CC(=O)OCC(C)(C)C(C)(C)C(C)(C)COC(=O)C=C. The average molecular weight is 296 g/mol. The standard InChI is InChI=1S/C17H28O4/c1-9-13(18)20-11-15(3,4)17(7,8)16(5,6)12-21-14(19)10-2/h9-10H,1-2,11-12H2,3-8H3. The van der Waals surface area contributed by atoms with Crippen molar-refractivity contribution < 1.29 is 19.1 Å². The number of hydrogen-bond acceptors (Lipinski definition) is 4. The Kier molecular flexibility index (Phi) is 6.40. The summed E-state index contributed by atoms with van der Waals surface area (Å²) >= 11 is 0. The van der Waals surface area contributed by atoms with Crippen molar-refractivity contribution in [1.82, 2.24) is 0 Å². The van der Waals surface area contributed by atoms with Crippen LogP contribution in [0.15, 0.2) is 25.3 Å². The van der Waals surface area contributed by atoms with Gasteiger partial charge in [-0.3, -0.25) is 0 Å². The van der Waals surface area contributed by atoms with E-state index in [-0.39, 0.29) is 29.5 Å². The number of rotatable bonds is 8. The minimum atomic E-state index is -0.435. The molecule has 4 nitrogen and oxygen atoms in total. The van der Waals surface area contributed by atoms with Gasteiger partial charge >= 0.3 is 11.9 Å². The van der Waals surface area contributed by atoms with Gasteiger partial charge in [0.25, 0.3) is 0 Å². The second-order valence-electron chi connectivity index (χ2n) is 7.02. The second-order valence-corrected chi connectivity index (χ2v) is 7.02. The third kappa shape index (κ3) is 4.73. The first kappa shape index (κ1) is 19.4. The summed E-state index contributed by atoms with van der Waals surface area (Å²) < 4.78 is 10.4. The van der Waals surface area contributed by atoms with Crippen LogP contribution in [0.1, 0.15) is 41.5 Å². The molecule has 4 heteroatoms. The van der Waals surface area contributed by atoms with Gasteiger partial charge in [0.2, 0.25) is 0 Å². The maximum Gasteiger partial charge on any atom is 0.330 e. The topological polar surface area (TPSA) is 52.6 Å². The quantitative estimate of drug-likeness (QED) is 0.508. The van der Waals surface area contributed by atoms with Crippen molar-refractivity contribution in [3.63, 3.8) is 0 Å². The lowest BCUT2D eigenvalue weighted by Crippen LogP contribution is -2.49. The Labute approximate surface area is 128 Å². The molecule has 0 saturated heterocycles. The van der Waals surface area contributed by atoms with Gasteiger partial charge in [-0.1, -0.05) is 54.7 Å². The lowest BCUT2D eigenvalue weighted by Gasteiger charge is -2.51. The van der Waals surface area contributed by atoms with E-state index >= 15 is 0 Å². The average Bonchev–Trinajstić information content (AvgIpc) is 2.41. The molecule has 0 saturated carbocycles. The zero-order chi connectivity index (χ0) is 16.9. The van der Waals surface area contributed by atoms with Crippen molar-refractivity contribution in [2.45, 2.75) is 41.5 Å². The van der Waals surface area contributed by atoms with E-state index in [0.717, 1.165) is 12.2 Å². The zero-order valence-corrected chi connectivity index (χ0v) is 14.1. The van der Waals surface area contributed by atoms with E-state index in [1.165, 1.54) is 0 Å². The van der Waals surface area contributed by atoms with Gasteiger partial charge in [0, 0.05) is 23.0 Å². The van der Waals surface area contributed by atoms with Gasteiger partial charge in [-0.2, -0.15) is 0 Å².